The summed E-state index contributed by atoms with van der Waals surface area (Å²) < 4.78 is 33.2. The topological polar surface area (TPSA) is 101 Å². The number of hydrogen-bond donors (Lipinski definition) is 1. The molecule has 1 N–H and O–H groups in total. The molecule has 0 bridgehead atoms. The van der Waals surface area contributed by atoms with Crippen molar-refractivity contribution in [1.82, 2.24) is 14.5 Å². The second-order valence-corrected chi connectivity index (χ2v) is 10.8. The predicted molar refractivity (Wildman–Crippen MR) is 128 cm³/mol. The van der Waals surface area contributed by atoms with Crippen molar-refractivity contribution in [2.45, 2.75) is 37.5 Å². The molecule has 0 spiro atoms. The van der Waals surface area contributed by atoms with Crippen molar-refractivity contribution in [2.24, 2.45) is 0 Å². The van der Waals surface area contributed by atoms with Crippen LogP contribution in [0.25, 0.3) is 10.6 Å². The monoisotopic (exact) mass is 486 g/mol. The summed E-state index contributed by atoms with van der Waals surface area (Å²) in [5, 5.41) is 11.9. The molecule has 0 saturated carbocycles. The highest BCUT2D eigenvalue weighted by atomic mass is 32.2. The molecule has 1 aromatic heterocycles. The average molecular weight is 487 g/mol. The van der Waals surface area contributed by atoms with Crippen molar-refractivity contribution < 1.29 is 17.9 Å². The van der Waals surface area contributed by atoms with Gasteiger partial charge < -0.3 is 4.74 Å². The normalized spacial score (nSPS) is 15.1. The second kappa shape index (κ2) is 9.98. The van der Waals surface area contributed by atoms with Gasteiger partial charge in [0.2, 0.25) is 15.2 Å². The molecule has 3 aromatic rings. The van der Waals surface area contributed by atoms with E-state index in [2.05, 4.69) is 15.5 Å². The summed E-state index contributed by atoms with van der Waals surface area (Å²) in [6.07, 6.45) is 3.72. The summed E-state index contributed by atoms with van der Waals surface area (Å²) in [5.41, 5.74) is 2.17. The molecule has 1 fully saturated rings. The Labute approximate surface area is 197 Å². The highest BCUT2D eigenvalue weighted by Crippen LogP contribution is 2.29. The summed E-state index contributed by atoms with van der Waals surface area (Å²) in [5.74, 6) is -0.225. The van der Waals surface area contributed by atoms with E-state index in [-0.39, 0.29) is 16.2 Å². The van der Waals surface area contributed by atoms with E-state index in [1.165, 1.54) is 41.0 Å². The van der Waals surface area contributed by atoms with Gasteiger partial charge in [-0.15, -0.1) is 10.2 Å². The fourth-order valence-corrected chi connectivity index (χ4v) is 6.00. The van der Waals surface area contributed by atoms with E-state index in [0.29, 0.717) is 23.2 Å². The SMILES string of the molecule is COc1ccc(S(=O)(=O)N2CCCCCC2)cc1C(=O)Nc1nnc(-c2ccc(C)cc2)s1. The molecule has 1 amide bonds. The van der Waals surface area contributed by atoms with E-state index in [1.54, 1.807) is 0 Å². The minimum Gasteiger partial charge on any atom is -0.496 e. The van der Waals surface area contributed by atoms with E-state index in [9.17, 15) is 13.2 Å². The number of methoxy groups -OCH3 is 1. The van der Waals surface area contributed by atoms with E-state index in [1.807, 2.05) is 31.2 Å². The van der Waals surface area contributed by atoms with E-state index < -0.39 is 15.9 Å². The maximum absolute atomic E-state index is 13.2. The van der Waals surface area contributed by atoms with Gasteiger partial charge >= 0.3 is 0 Å². The first-order valence-electron chi connectivity index (χ1n) is 10.8. The minimum atomic E-state index is -3.70. The number of sulfonamides is 1. The molecule has 8 nitrogen and oxygen atoms in total. The van der Waals surface area contributed by atoms with Crippen LogP contribution in [-0.4, -0.2) is 49.0 Å². The molecule has 10 heteroatoms. The predicted octanol–water partition coefficient (Wildman–Crippen LogP) is 4.34. The average Bonchev–Trinajstić information content (AvgIpc) is 3.09. The molecule has 1 saturated heterocycles. The summed E-state index contributed by atoms with van der Waals surface area (Å²) in [4.78, 5) is 13.1. The lowest BCUT2D eigenvalue weighted by molar-refractivity contribution is 0.102. The summed E-state index contributed by atoms with van der Waals surface area (Å²) in [6, 6.07) is 12.2. The molecule has 2 aromatic carbocycles. The summed E-state index contributed by atoms with van der Waals surface area (Å²) >= 11 is 1.24. The van der Waals surface area contributed by atoms with Crippen LogP contribution in [0.1, 0.15) is 41.6 Å². The molecule has 0 aliphatic carbocycles. The Morgan fingerprint density at radius 2 is 1.73 bits per heavy atom. The van der Waals surface area contributed by atoms with Crippen LogP contribution < -0.4 is 10.1 Å². The van der Waals surface area contributed by atoms with Crippen LogP contribution in [-0.2, 0) is 10.0 Å². The number of carbonyl (C=O) groups is 1. The van der Waals surface area contributed by atoms with Crippen molar-refractivity contribution in [2.75, 3.05) is 25.5 Å². The number of aryl methyl sites for hydroxylation is 1. The van der Waals surface area contributed by atoms with Crippen molar-refractivity contribution in [1.29, 1.82) is 0 Å². The van der Waals surface area contributed by atoms with Gasteiger partial charge in [0.1, 0.15) is 10.8 Å². The third-order valence-corrected chi connectivity index (χ3v) is 8.34. The lowest BCUT2D eigenvalue weighted by Crippen LogP contribution is -2.32. The molecule has 4 rings (SSSR count). The zero-order valence-corrected chi connectivity index (χ0v) is 20.2. The largest absolute Gasteiger partial charge is 0.496 e. The Morgan fingerprint density at radius 1 is 1.03 bits per heavy atom. The first-order chi connectivity index (χ1) is 15.9. The number of ether oxygens (including phenoxy) is 1. The molecule has 0 atom stereocenters. The number of anilines is 1. The van der Waals surface area contributed by atoms with Crippen LogP contribution in [0.15, 0.2) is 47.4 Å². The van der Waals surface area contributed by atoms with Gasteiger partial charge in [-0.05, 0) is 38.0 Å². The number of nitrogens with one attached hydrogen (secondary N) is 1. The van der Waals surface area contributed by atoms with E-state index >= 15 is 0 Å². The third kappa shape index (κ3) is 5.23. The molecule has 33 heavy (non-hydrogen) atoms. The standard InChI is InChI=1S/C23H26N4O4S2/c1-16-7-9-17(10-8-16)22-25-26-23(32-22)24-21(28)19-15-18(11-12-20(19)31-2)33(29,30)27-13-5-3-4-6-14-27/h7-12,15H,3-6,13-14H2,1-2H3,(H,24,26,28). The van der Waals surface area contributed by atoms with Crippen LogP contribution in [0.4, 0.5) is 5.13 Å². The van der Waals surface area contributed by atoms with Crippen molar-refractivity contribution in [3.63, 3.8) is 0 Å². The van der Waals surface area contributed by atoms with Gasteiger partial charge in [0.25, 0.3) is 5.91 Å². The summed E-state index contributed by atoms with van der Waals surface area (Å²) in [6.45, 7) is 2.98. The number of carbonyl (C=O) groups excluding carboxylic acids is 1. The second-order valence-electron chi connectivity index (χ2n) is 7.91. The highest BCUT2D eigenvalue weighted by Gasteiger charge is 2.27. The number of nitrogens with zero attached hydrogens (tertiary/aromatic N) is 3. The number of amides is 1. The van der Waals surface area contributed by atoms with Crippen LogP contribution in [0.3, 0.4) is 0 Å². The van der Waals surface area contributed by atoms with Crippen LogP contribution in [0, 0.1) is 6.92 Å². The van der Waals surface area contributed by atoms with Gasteiger partial charge in [0.05, 0.1) is 17.6 Å². The molecular weight excluding hydrogens is 460 g/mol. The summed E-state index contributed by atoms with van der Waals surface area (Å²) in [7, 11) is -2.26. The Hall–Kier alpha value is -2.82. The third-order valence-electron chi connectivity index (χ3n) is 5.56. The Morgan fingerprint density at radius 3 is 2.39 bits per heavy atom. The van der Waals surface area contributed by atoms with Crippen molar-refractivity contribution in [3.8, 4) is 16.3 Å². The number of rotatable bonds is 6. The minimum absolute atomic E-state index is 0.0768. The van der Waals surface area contributed by atoms with E-state index in [4.69, 9.17) is 4.74 Å². The Balaban J connectivity index is 1.58. The fourth-order valence-electron chi connectivity index (χ4n) is 3.71. The maximum atomic E-state index is 13.2. The Bertz CT molecular complexity index is 1230. The first kappa shape index (κ1) is 23.3. The zero-order valence-electron chi connectivity index (χ0n) is 18.6. The molecule has 0 radical (unpaired) electrons. The molecule has 0 unspecified atom stereocenters. The van der Waals surface area contributed by atoms with Gasteiger partial charge in [-0.25, -0.2) is 8.42 Å². The molecule has 1 aliphatic heterocycles. The van der Waals surface area contributed by atoms with Crippen LogP contribution in [0.2, 0.25) is 0 Å². The highest BCUT2D eigenvalue weighted by molar-refractivity contribution is 7.89. The Kier molecular flexibility index (Phi) is 7.06. The van der Waals surface area contributed by atoms with Gasteiger partial charge in [-0.2, -0.15) is 4.31 Å². The van der Waals surface area contributed by atoms with Crippen LogP contribution >= 0.6 is 11.3 Å². The molecule has 174 valence electrons. The van der Waals surface area contributed by atoms with Gasteiger partial charge in [0, 0.05) is 18.7 Å². The molecule has 2 heterocycles. The van der Waals surface area contributed by atoms with Gasteiger partial charge in [-0.3, -0.25) is 10.1 Å². The number of aromatic nitrogens is 2. The fraction of sp³-hybridized carbons (Fsp3) is 0.348. The smallest absolute Gasteiger partial charge is 0.261 e. The van der Waals surface area contributed by atoms with Gasteiger partial charge in [-0.1, -0.05) is 54.0 Å². The first-order valence-corrected chi connectivity index (χ1v) is 13.0. The number of hydrogen-bond acceptors (Lipinski definition) is 7. The quantitative estimate of drug-likeness (QED) is 0.556. The molecular formula is C23H26N4O4S2. The number of benzene rings is 2. The maximum Gasteiger partial charge on any atom is 0.261 e. The lowest BCUT2D eigenvalue weighted by Gasteiger charge is -2.20. The van der Waals surface area contributed by atoms with Crippen molar-refractivity contribution >= 4 is 32.4 Å². The van der Waals surface area contributed by atoms with Gasteiger partial charge in [0.15, 0.2) is 0 Å². The van der Waals surface area contributed by atoms with Crippen LogP contribution in [0.5, 0.6) is 5.75 Å². The van der Waals surface area contributed by atoms with Crippen molar-refractivity contribution in [3.05, 3.63) is 53.6 Å². The zero-order chi connectivity index (χ0) is 23.4. The van der Waals surface area contributed by atoms with E-state index in [0.717, 1.165) is 36.8 Å². The lowest BCUT2D eigenvalue weighted by atomic mass is 10.2. The molecule has 1 aliphatic rings.